The van der Waals surface area contributed by atoms with Gasteiger partial charge in [0.2, 0.25) is 11.8 Å². The minimum Gasteiger partial charge on any atom is -0.479 e. The molecule has 0 aromatic carbocycles. The van der Waals surface area contributed by atoms with Crippen molar-refractivity contribution in [3.05, 3.63) is 6.33 Å². The first-order valence-corrected chi connectivity index (χ1v) is 5.98. The molecule has 0 aliphatic heterocycles. The highest BCUT2D eigenvalue weighted by molar-refractivity contribution is 5.77. The lowest BCUT2D eigenvalue weighted by Crippen LogP contribution is -2.16. The van der Waals surface area contributed by atoms with Crippen LogP contribution in [0.3, 0.4) is 0 Å². The number of aromatic nitrogens is 4. The minimum absolute atomic E-state index is 0.198. The molecule has 4 N–H and O–H groups in total. The topological polar surface area (TPSA) is 105 Å². The van der Waals surface area contributed by atoms with Crippen molar-refractivity contribution < 1.29 is 4.74 Å². The average Bonchev–Trinajstić information content (AvgIpc) is 2.93. The lowest BCUT2D eigenvalue weighted by molar-refractivity contribution is 0.402. The van der Waals surface area contributed by atoms with Crippen LogP contribution in [0.25, 0.3) is 11.2 Å². The third kappa shape index (κ3) is 1.67. The summed E-state index contributed by atoms with van der Waals surface area (Å²) in [4.78, 5) is 12.6. The molecule has 1 saturated carbocycles. The van der Waals surface area contributed by atoms with Crippen LogP contribution in [-0.2, 0) is 0 Å². The third-order valence-corrected chi connectivity index (χ3v) is 3.44. The van der Waals surface area contributed by atoms with Gasteiger partial charge >= 0.3 is 0 Å². The SMILES string of the molecule is COc1nc(N)nc2c1ncn2[C@@H]1CCC(N)C1. The maximum absolute atomic E-state index is 5.95. The molecule has 2 aromatic rings. The molecule has 0 saturated heterocycles. The summed E-state index contributed by atoms with van der Waals surface area (Å²) in [5, 5.41) is 0. The van der Waals surface area contributed by atoms with Crippen molar-refractivity contribution in [2.75, 3.05) is 12.8 Å². The summed E-state index contributed by atoms with van der Waals surface area (Å²) in [6.07, 6.45) is 4.78. The Balaban J connectivity index is 2.11. The number of fused-ring (bicyclic) bond motifs is 1. The van der Waals surface area contributed by atoms with Gasteiger partial charge in [-0.1, -0.05) is 0 Å². The number of methoxy groups -OCH3 is 1. The van der Waals surface area contributed by atoms with Crippen molar-refractivity contribution in [1.29, 1.82) is 0 Å². The number of anilines is 1. The van der Waals surface area contributed by atoms with Crippen LogP contribution in [0.1, 0.15) is 25.3 Å². The predicted octanol–water partition coefficient (Wildman–Crippen LogP) is 0.469. The zero-order valence-corrected chi connectivity index (χ0v) is 10.2. The van der Waals surface area contributed by atoms with Gasteiger partial charge in [-0.15, -0.1) is 0 Å². The Morgan fingerprint density at radius 2 is 2.22 bits per heavy atom. The van der Waals surface area contributed by atoms with Crippen LogP contribution in [0.4, 0.5) is 5.95 Å². The Morgan fingerprint density at radius 1 is 1.39 bits per heavy atom. The Hall–Kier alpha value is -1.89. The summed E-state index contributed by atoms with van der Waals surface area (Å²) in [6, 6.07) is 0.595. The van der Waals surface area contributed by atoms with Crippen LogP contribution in [0.15, 0.2) is 6.33 Å². The van der Waals surface area contributed by atoms with Crippen LogP contribution in [-0.4, -0.2) is 32.7 Å². The van der Waals surface area contributed by atoms with Gasteiger partial charge in [0.05, 0.1) is 13.4 Å². The van der Waals surface area contributed by atoms with Gasteiger partial charge in [0.1, 0.15) is 0 Å². The molecule has 0 spiro atoms. The number of nitrogens with zero attached hydrogens (tertiary/aromatic N) is 4. The molecule has 0 amide bonds. The van der Waals surface area contributed by atoms with E-state index >= 15 is 0 Å². The molecular weight excluding hydrogens is 232 g/mol. The lowest BCUT2D eigenvalue weighted by atomic mass is 10.2. The van der Waals surface area contributed by atoms with E-state index in [0.29, 0.717) is 17.4 Å². The monoisotopic (exact) mass is 248 g/mol. The molecule has 2 atom stereocenters. The van der Waals surface area contributed by atoms with E-state index < -0.39 is 0 Å². The van der Waals surface area contributed by atoms with Crippen molar-refractivity contribution in [3.8, 4) is 5.88 Å². The second-order valence-corrected chi connectivity index (χ2v) is 4.64. The molecular formula is C11H16N6O. The molecule has 1 aliphatic carbocycles. The van der Waals surface area contributed by atoms with Crippen LogP contribution in [0.5, 0.6) is 5.88 Å². The van der Waals surface area contributed by atoms with E-state index in [1.165, 1.54) is 0 Å². The van der Waals surface area contributed by atoms with Gasteiger partial charge in [-0.05, 0) is 19.3 Å². The number of hydrogen-bond acceptors (Lipinski definition) is 6. The van der Waals surface area contributed by atoms with Gasteiger partial charge in [-0.2, -0.15) is 9.97 Å². The van der Waals surface area contributed by atoms with E-state index in [1.807, 2.05) is 4.57 Å². The van der Waals surface area contributed by atoms with Gasteiger partial charge in [0.25, 0.3) is 0 Å². The first-order valence-electron chi connectivity index (χ1n) is 5.98. The minimum atomic E-state index is 0.198. The van der Waals surface area contributed by atoms with Crippen molar-refractivity contribution >= 4 is 17.1 Å². The average molecular weight is 248 g/mol. The quantitative estimate of drug-likeness (QED) is 0.800. The number of hydrogen-bond donors (Lipinski definition) is 2. The van der Waals surface area contributed by atoms with Crippen molar-refractivity contribution in [2.45, 2.75) is 31.3 Å². The summed E-state index contributed by atoms with van der Waals surface area (Å²) in [6.45, 7) is 0. The van der Waals surface area contributed by atoms with Gasteiger partial charge in [0, 0.05) is 12.1 Å². The second kappa shape index (κ2) is 4.09. The molecule has 2 heterocycles. The number of rotatable bonds is 2. The summed E-state index contributed by atoms with van der Waals surface area (Å²) >= 11 is 0. The van der Waals surface area contributed by atoms with Crippen molar-refractivity contribution in [1.82, 2.24) is 19.5 Å². The highest BCUT2D eigenvalue weighted by Gasteiger charge is 2.25. The van der Waals surface area contributed by atoms with Gasteiger partial charge < -0.3 is 20.8 Å². The van der Waals surface area contributed by atoms with Crippen LogP contribution in [0, 0.1) is 0 Å². The zero-order chi connectivity index (χ0) is 12.7. The molecule has 1 aliphatic rings. The predicted molar refractivity (Wildman–Crippen MR) is 67.2 cm³/mol. The van der Waals surface area contributed by atoms with E-state index in [4.69, 9.17) is 16.2 Å². The molecule has 18 heavy (non-hydrogen) atoms. The zero-order valence-electron chi connectivity index (χ0n) is 10.2. The molecule has 0 radical (unpaired) electrons. The number of nitrogens with two attached hydrogens (primary N) is 2. The first kappa shape index (κ1) is 11.2. The number of imidazole rings is 1. The number of ether oxygens (including phenoxy) is 1. The molecule has 7 nitrogen and oxygen atoms in total. The molecule has 7 heteroatoms. The van der Waals surface area contributed by atoms with Crippen LogP contribution < -0.4 is 16.2 Å². The van der Waals surface area contributed by atoms with E-state index in [0.717, 1.165) is 24.9 Å². The highest BCUT2D eigenvalue weighted by atomic mass is 16.5. The smallest absolute Gasteiger partial charge is 0.246 e. The summed E-state index contributed by atoms with van der Waals surface area (Å²) in [7, 11) is 1.55. The van der Waals surface area contributed by atoms with Crippen molar-refractivity contribution in [3.63, 3.8) is 0 Å². The third-order valence-electron chi connectivity index (χ3n) is 3.44. The van der Waals surface area contributed by atoms with Gasteiger partial charge in [0.15, 0.2) is 11.2 Å². The number of nitrogen functional groups attached to an aromatic ring is 1. The molecule has 1 fully saturated rings. The first-order chi connectivity index (χ1) is 8.69. The lowest BCUT2D eigenvalue weighted by Gasteiger charge is -2.12. The van der Waals surface area contributed by atoms with E-state index in [9.17, 15) is 0 Å². The summed E-state index contributed by atoms with van der Waals surface area (Å²) in [5.74, 6) is 0.613. The fourth-order valence-corrected chi connectivity index (χ4v) is 2.56. The summed E-state index contributed by atoms with van der Waals surface area (Å²) < 4.78 is 7.20. The molecule has 96 valence electrons. The molecule has 1 unspecified atom stereocenters. The second-order valence-electron chi connectivity index (χ2n) is 4.64. The maximum Gasteiger partial charge on any atom is 0.246 e. The Labute approximate surface area is 104 Å². The highest BCUT2D eigenvalue weighted by Crippen LogP contribution is 2.32. The summed E-state index contributed by atoms with van der Waals surface area (Å²) in [5.41, 5.74) is 13.0. The molecule has 2 aromatic heterocycles. The van der Waals surface area contributed by atoms with E-state index in [-0.39, 0.29) is 12.0 Å². The fourth-order valence-electron chi connectivity index (χ4n) is 2.56. The maximum atomic E-state index is 5.95. The van der Waals surface area contributed by atoms with Crippen molar-refractivity contribution in [2.24, 2.45) is 5.73 Å². The largest absolute Gasteiger partial charge is 0.479 e. The van der Waals surface area contributed by atoms with Crippen LogP contribution >= 0.6 is 0 Å². The Morgan fingerprint density at radius 3 is 2.89 bits per heavy atom. The standard InChI is InChI=1S/C11H16N6O/c1-18-10-8-9(15-11(13)16-10)17(5-14-8)7-3-2-6(12)4-7/h5-7H,2-4,12H2,1H3,(H2,13,15,16)/t6?,7-/m1/s1. The Bertz CT molecular complexity index is 580. The van der Waals surface area contributed by atoms with E-state index in [2.05, 4.69) is 15.0 Å². The van der Waals surface area contributed by atoms with Gasteiger partial charge in [-0.3, -0.25) is 0 Å². The normalized spacial score (nSPS) is 23.7. The fraction of sp³-hybridized carbons (Fsp3) is 0.545. The van der Waals surface area contributed by atoms with Crippen LogP contribution in [0.2, 0.25) is 0 Å². The molecule has 0 bridgehead atoms. The van der Waals surface area contributed by atoms with Gasteiger partial charge in [-0.25, -0.2) is 4.98 Å². The Kier molecular flexibility index (Phi) is 2.55. The molecule has 3 rings (SSSR count). The van der Waals surface area contributed by atoms with E-state index in [1.54, 1.807) is 13.4 Å².